The minimum atomic E-state index is -0.503. The van der Waals surface area contributed by atoms with E-state index in [9.17, 15) is 4.79 Å². The molecule has 92 valence electrons. The Hall–Kier alpha value is -1.81. The van der Waals surface area contributed by atoms with E-state index in [-0.39, 0.29) is 5.91 Å². The average molecular weight is 234 g/mol. The van der Waals surface area contributed by atoms with Crippen molar-refractivity contribution in [3.63, 3.8) is 0 Å². The third-order valence-electron chi connectivity index (χ3n) is 2.20. The molecule has 0 saturated heterocycles. The quantitative estimate of drug-likeness (QED) is 0.727. The molecule has 0 saturated carbocycles. The van der Waals surface area contributed by atoms with Crippen molar-refractivity contribution < 1.29 is 9.53 Å². The lowest BCUT2D eigenvalue weighted by Crippen LogP contribution is -2.37. The minimum absolute atomic E-state index is 0.177. The van der Waals surface area contributed by atoms with Gasteiger partial charge in [-0.2, -0.15) is 0 Å². The number of benzene rings is 1. The van der Waals surface area contributed by atoms with E-state index in [2.05, 4.69) is 11.9 Å². The lowest BCUT2D eigenvalue weighted by Gasteiger charge is -2.12. The number of carbonyl (C=O) groups excluding carboxylic acids is 1. The number of rotatable bonds is 6. The van der Waals surface area contributed by atoms with Gasteiger partial charge >= 0.3 is 0 Å². The van der Waals surface area contributed by atoms with Crippen molar-refractivity contribution in [2.45, 2.75) is 19.5 Å². The molecule has 4 heteroatoms. The first-order valence-corrected chi connectivity index (χ1v) is 5.50. The van der Waals surface area contributed by atoms with Gasteiger partial charge in [-0.3, -0.25) is 4.79 Å². The summed E-state index contributed by atoms with van der Waals surface area (Å²) < 4.78 is 5.48. The monoisotopic (exact) mass is 234 g/mol. The molecule has 0 heterocycles. The summed E-state index contributed by atoms with van der Waals surface area (Å²) in [5, 5.41) is 2.75. The van der Waals surface area contributed by atoms with Crippen LogP contribution in [0.4, 0.5) is 0 Å². The molecule has 1 amide bonds. The molecule has 0 aliphatic carbocycles. The van der Waals surface area contributed by atoms with E-state index >= 15 is 0 Å². The van der Waals surface area contributed by atoms with Crippen LogP contribution in [-0.4, -0.2) is 18.6 Å². The summed E-state index contributed by atoms with van der Waals surface area (Å²) in [4.78, 5) is 11.3. The zero-order valence-electron chi connectivity index (χ0n) is 9.98. The number of hydrogen-bond acceptors (Lipinski definition) is 3. The van der Waals surface area contributed by atoms with E-state index in [0.717, 1.165) is 11.3 Å². The van der Waals surface area contributed by atoms with E-state index in [1.807, 2.05) is 24.3 Å². The summed E-state index contributed by atoms with van der Waals surface area (Å²) in [6.07, 6.45) is 1.68. The summed E-state index contributed by atoms with van der Waals surface area (Å²) in [7, 11) is 0. The Labute approximate surface area is 101 Å². The Kier molecular flexibility index (Phi) is 5.23. The second-order valence-electron chi connectivity index (χ2n) is 3.71. The molecule has 0 bridgehead atoms. The molecule has 0 radical (unpaired) electrons. The second-order valence-corrected chi connectivity index (χ2v) is 3.71. The highest BCUT2D eigenvalue weighted by Gasteiger charge is 2.08. The van der Waals surface area contributed by atoms with Crippen LogP contribution in [0.5, 0.6) is 5.75 Å². The number of ether oxygens (including phenoxy) is 1. The lowest BCUT2D eigenvalue weighted by molar-refractivity contribution is -0.122. The van der Waals surface area contributed by atoms with Crippen molar-refractivity contribution in [2.75, 3.05) is 6.61 Å². The molecule has 0 aliphatic rings. The molecule has 0 spiro atoms. The van der Waals surface area contributed by atoms with E-state index in [0.29, 0.717) is 13.2 Å². The standard InChI is InChI=1S/C13H18N2O2/c1-3-8-17-12-7-5-4-6-11(12)9-15-13(16)10(2)14/h3-7,10H,1,8-9,14H2,2H3,(H,15,16)/t10-/m0/s1. The van der Waals surface area contributed by atoms with Crippen LogP contribution in [0.15, 0.2) is 36.9 Å². The molecule has 1 aromatic rings. The van der Waals surface area contributed by atoms with Gasteiger partial charge in [-0.25, -0.2) is 0 Å². The van der Waals surface area contributed by atoms with Crippen molar-refractivity contribution >= 4 is 5.91 Å². The van der Waals surface area contributed by atoms with Gasteiger partial charge in [0.05, 0.1) is 6.04 Å². The van der Waals surface area contributed by atoms with Crippen LogP contribution in [-0.2, 0) is 11.3 Å². The Morgan fingerprint density at radius 2 is 2.29 bits per heavy atom. The zero-order chi connectivity index (χ0) is 12.7. The van der Waals surface area contributed by atoms with E-state index in [1.165, 1.54) is 0 Å². The van der Waals surface area contributed by atoms with Crippen LogP contribution in [0.25, 0.3) is 0 Å². The third-order valence-corrected chi connectivity index (χ3v) is 2.20. The van der Waals surface area contributed by atoms with Gasteiger partial charge in [0.25, 0.3) is 0 Å². The fourth-order valence-electron chi connectivity index (χ4n) is 1.28. The van der Waals surface area contributed by atoms with Crippen molar-refractivity contribution in [1.82, 2.24) is 5.32 Å². The highest BCUT2D eigenvalue weighted by molar-refractivity contribution is 5.80. The SMILES string of the molecule is C=CCOc1ccccc1CNC(=O)[C@H](C)N. The number of nitrogens with two attached hydrogens (primary N) is 1. The summed E-state index contributed by atoms with van der Waals surface area (Å²) in [5.41, 5.74) is 6.38. The maximum Gasteiger partial charge on any atom is 0.236 e. The van der Waals surface area contributed by atoms with Gasteiger partial charge in [-0.15, -0.1) is 0 Å². The van der Waals surface area contributed by atoms with Gasteiger partial charge in [-0.1, -0.05) is 30.9 Å². The molecule has 1 aromatic carbocycles. The van der Waals surface area contributed by atoms with Gasteiger partial charge in [0.2, 0.25) is 5.91 Å². The molecule has 0 aromatic heterocycles. The van der Waals surface area contributed by atoms with Crippen molar-refractivity contribution in [1.29, 1.82) is 0 Å². The van der Waals surface area contributed by atoms with Crippen LogP contribution < -0.4 is 15.8 Å². The van der Waals surface area contributed by atoms with Crippen molar-refractivity contribution in [3.8, 4) is 5.75 Å². The number of para-hydroxylation sites is 1. The van der Waals surface area contributed by atoms with E-state index < -0.39 is 6.04 Å². The van der Waals surface area contributed by atoms with Gasteiger partial charge in [0, 0.05) is 12.1 Å². The Bertz CT molecular complexity index is 389. The highest BCUT2D eigenvalue weighted by Crippen LogP contribution is 2.17. The topological polar surface area (TPSA) is 64.3 Å². The van der Waals surface area contributed by atoms with E-state index in [1.54, 1.807) is 13.0 Å². The first-order chi connectivity index (χ1) is 8.15. The number of nitrogens with one attached hydrogen (secondary N) is 1. The normalized spacial score (nSPS) is 11.6. The fraction of sp³-hybridized carbons (Fsp3) is 0.308. The molecule has 3 N–H and O–H groups in total. The minimum Gasteiger partial charge on any atom is -0.489 e. The molecule has 0 fully saturated rings. The predicted octanol–water partition coefficient (Wildman–Crippen LogP) is 1.21. The van der Waals surface area contributed by atoms with Gasteiger partial charge in [0.1, 0.15) is 12.4 Å². The molecule has 0 aliphatic heterocycles. The Balaban J connectivity index is 2.63. The number of hydrogen-bond donors (Lipinski definition) is 2. The van der Waals surface area contributed by atoms with Crippen molar-refractivity contribution in [2.24, 2.45) is 5.73 Å². The summed E-state index contributed by atoms with van der Waals surface area (Å²) in [6, 6.07) is 7.04. The molecule has 1 atom stereocenters. The largest absolute Gasteiger partial charge is 0.489 e. The first-order valence-electron chi connectivity index (χ1n) is 5.50. The second kappa shape index (κ2) is 6.70. The lowest BCUT2D eigenvalue weighted by atomic mass is 10.2. The molecular weight excluding hydrogens is 216 g/mol. The predicted molar refractivity (Wildman–Crippen MR) is 67.6 cm³/mol. The Morgan fingerprint density at radius 1 is 1.59 bits per heavy atom. The van der Waals surface area contributed by atoms with Crippen molar-refractivity contribution in [3.05, 3.63) is 42.5 Å². The molecule has 0 unspecified atom stereocenters. The van der Waals surface area contributed by atoms with Crippen LogP contribution in [0, 0.1) is 0 Å². The summed E-state index contributed by atoms with van der Waals surface area (Å²) >= 11 is 0. The van der Waals surface area contributed by atoms with Gasteiger partial charge in [-0.05, 0) is 13.0 Å². The molecular formula is C13H18N2O2. The van der Waals surface area contributed by atoms with Crippen LogP contribution >= 0.6 is 0 Å². The van der Waals surface area contributed by atoms with Crippen LogP contribution in [0.3, 0.4) is 0 Å². The van der Waals surface area contributed by atoms with E-state index in [4.69, 9.17) is 10.5 Å². The molecule has 1 rings (SSSR count). The number of carbonyl (C=O) groups is 1. The molecule has 17 heavy (non-hydrogen) atoms. The Morgan fingerprint density at radius 3 is 2.94 bits per heavy atom. The maximum absolute atomic E-state index is 11.3. The number of amides is 1. The fourth-order valence-corrected chi connectivity index (χ4v) is 1.28. The first kappa shape index (κ1) is 13.3. The smallest absolute Gasteiger partial charge is 0.236 e. The molecule has 4 nitrogen and oxygen atoms in total. The third kappa shape index (κ3) is 4.28. The zero-order valence-corrected chi connectivity index (χ0v) is 9.98. The van der Waals surface area contributed by atoms with Gasteiger partial charge < -0.3 is 15.8 Å². The van der Waals surface area contributed by atoms with Gasteiger partial charge in [0.15, 0.2) is 0 Å². The summed E-state index contributed by atoms with van der Waals surface area (Å²) in [6.45, 7) is 6.09. The maximum atomic E-state index is 11.3. The van der Waals surface area contributed by atoms with Crippen LogP contribution in [0.1, 0.15) is 12.5 Å². The average Bonchev–Trinajstić information content (AvgIpc) is 2.34. The summed E-state index contributed by atoms with van der Waals surface area (Å²) in [5.74, 6) is 0.570. The highest BCUT2D eigenvalue weighted by atomic mass is 16.5. The van der Waals surface area contributed by atoms with Crippen LogP contribution in [0.2, 0.25) is 0 Å².